The highest BCUT2D eigenvalue weighted by Gasteiger charge is 2.38. The van der Waals surface area contributed by atoms with Crippen molar-refractivity contribution in [3.8, 4) is 11.5 Å². The van der Waals surface area contributed by atoms with Crippen molar-refractivity contribution in [3.63, 3.8) is 0 Å². The van der Waals surface area contributed by atoms with Crippen LogP contribution in [0.1, 0.15) is 24.1 Å². The summed E-state index contributed by atoms with van der Waals surface area (Å²) in [5.74, 6) is 0.814. The summed E-state index contributed by atoms with van der Waals surface area (Å²) in [6.07, 6.45) is 1.26. The number of ether oxygens (including phenoxy) is 2. The molecule has 2 aromatic carbocycles. The van der Waals surface area contributed by atoms with E-state index in [1.54, 1.807) is 14.2 Å². The van der Waals surface area contributed by atoms with E-state index in [9.17, 15) is 9.59 Å². The number of urea groups is 1. The molecule has 0 unspecified atom stereocenters. The number of carbonyl (C=O) groups is 2. The minimum absolute atomic E-state index is 0.162. The molecule has 0 fully saturated rings. The van der Waals surface area contributed by atoms with Gasteiger partial charge in [-0.25, -0.2) is 4.79 Å². The van der Waals surface area contributed by atoms with Crippen molar-refractivity contribution >= 4 is 29.8 Å². The van der Waals surface area contributed by atoms with Gasteiger partial charge >= 0.3 is 11.9 Å². The van der Waals surface area contributed by atoms with Gasteiger partial charge in [-0.05, 0) is 42.3 Å². The predicted molar refractivity (Wildman–Crippen MR) is 115 cm³/mol. The number of carbonyl (C=O) groups excluding carboxylic acids is 2. The average Bonchev–Trinajstić information content (AvgIpc) is 2.98. The van der Waals surface area contributed by atoms with Gasteiger partial charge in [-0.3, -0.25) is 0 Å². The number of rotatable bonds is 9. The fourth-order valence-electron chi connectivity index (χ4n) is 3.11. The zero-order chi connectivity index (χ0) is 21.7. The fourth-order valence-corrected chi connectivity index (χ4v) is 3.24. The third-order valence-electron chi connectivity index (χ3n) is 4.89. The molecular weight excluding hydrogens is 406 g/mol. The molecule has 30 heavy (non-hydrogen) atoms. The summed E-state index contributed by atoms with van der Waals surface area (Å²) in [7, 11) is 3.12. The van der Waals surface area contributed by atoms with E-state index in [4.69, 9.17) is 21.1 Å². The standard InChI is InChI=1S/C22H25ClN3O4/c1-15(17-5-7-18(23)8-6-17)24-13-16-4-9-19(20(12-16)29-3)30-11-10-26-21(27)14-25(2)22(26)28/h4-9,12,14-15,24H,10-11,13H2,1-3H3/q+1/t15-/m0/s1. The lowest BCUT2D eigenvalue weighted by molar-refractivity contribution is -0.387. The molecule has 0 saturated heterocycles. The second-order valence-electron chi connectivity index (χ2n) is 7.00. The van der Waals surface area contributed by atoms with Gasteiger partial charge in [0.05, 0.1) is 14.2 Å². The molecule has 1 heterocycles. The number of halogens is 1. The third-order valence-corrected chi connectivity index (χ3v) is 5.14. The summed E-state index contributed by atoms with van der Waals surface area (Å²) < 4.78 is 12.4. The number of nitrogens with zero attached hydrogens (tertiary/aromatic N) is 2. The first-order valence-corrected chi connectivity index (χ1v) is 9.98. The highest BCUT2D eigenvalue weighted by Crippen LogP contribution is 2.28. The van der Waals surface area contributed by atoms with Gasteiger partial charge in [-0.2, -0.15) is 9.37 Å². The lowest BCUT2D eigenvalue weighted by Crippen LogP contribution is -2.36. The van der Waals surface area contributed by atoms with Gasteiger partial charge in [0.15, 0.2) is 17.7 Å². The zero-order valence-electron chi connectivity index (χ0n) is 17.2. The van der Waals surface area contributed by atoms with Crippen molar-refractivity contribution in [2.75, 3.05) is 27.3 Å². The van der Waals surface area contributed by atoms with E-state index in [0.29, 0.717) is 18.0 Å². The van der Waals surface area contributed by atoms with Gasteiger partial charge in [0.1, 0.15) is 13.2 Å². The van der Waals surface area contributed by atoms with Crippen molar-refractivity contribution < 1.29 is 23.6 Å². The maximum Gasteiger partial charge on any atom is 0.501 e. The van der Waals surface area contributed by atoms with Crippen LogP contribution in [0.25, 0.3) is 0 Å². The average molecular weight is 431 g/mol. The Morgan fingerprint density at radius 1 is 1.13 bits per heavy atom. The summed E-state index contributed by atoms with van der Waals surface area (Å²) in [4.78, 5) is 24.8. The second kappa shape index (κ2) is 9.73. The van der Waals surface area contributed by atoms with E-state index in [0.717, 1.165) is 21.0 Å². The van der Waals surface area contributed by atoms with E-state index in [2.05, 4.69) is 12.2 Å². The summed E-state index contributed by atoms with van der Waals surface area (Å²) in [6.45, 7) is 3.09. The molecule has 3 amide bonds. The monoisotopic (exact) mass is 430 g/mol. The Labute approximate surface area is 180 Å². The Balaban J connectivity index is 1.55. The highest BCUT2D eigenvalue weighted by atomic mass is 35.5. The lowest BCUT2D eigenvalue weighted by Gasteiger charge is -2.16. The van der Waals surface area contributed by atoms with E-state index in [1.807, 2.05) is 42.5 Å². The van der Waals surface area contributed by atoms with Crippen LogP contribution in [0.5, 0.6) is 11.5 Å². The van der Waals surface area contributed by atoms with Gasteiger partial charge in [0.2, 0.25) is 0 Å². The lowest BCUT2D eigenvalue weighted by atomic mass is 10.1. The van der Waals surface area contributed by atoms with Crippen LogP contribution < -0.4 is 14.8 Å². The van der Waals surface area contributed by atoms with Gasteiger partial charge < -0.3 is 14.8 Å². The van der Waals surface area contributed by atoms with Crippen molar-refractivity contribution in [2.24, 2.45) is 0 Å². The smallest absolute Gasteiger partial charge is 0.493 e. The Kier molecular flexibility index (Phi) is 7.07. The van der Waals surface area contributed by atoms with Crippen LogP contribution in [0.2, 0.25) is 5.02 Å². The van der Waals surface area contributed by atoms with Crippen LogP contribution in [0.3, 0.4) is 0 Å². The van der Waals surface area contributed by atoms with E-state index < -0.39 is 0 Å². The number of methoxy groups -OCH3 is 1. The van der Waals surface area contributed by atoms with Crippen molar-refractivity contribution in [1.29, 1.82) is 0 Å². The molecule has 0 aliphatic carbocycles. The first-order chi connectivity index (χ1) is 14.4. The third kappa shape index (κ3) is 5.17. The van der Waals surface area contributed by atoms with Gasteiger partial charge in [-0.15, -0.1) is 4.90 Å². The molecule has 1 aliphatic heterocycles. The maximum atomic E-state index is 11.9. The summed E-state index contributed by atoms with van der Waals surface area (Å²) >= 11 is 5.95. The summed E-state index contributed by atoms with van der Waals surface area (Å²) in [5.41, 5.74) is 2.20. The normalized spacial score (nSPS) is 14.7. The molecule has 1 atom stereocenters. The molecule has 0 aromatic heterocycles. The second-order valence-corrected chi connectivity index (χ2v) is 7.44. The molecule has 158 valence electrons. The number of amides is 3. The summed E-state index contributed by atoms with van der Waals surface area (Å²) in [6, 6.07) is 13.3. The molecule has 0 bridgehead atoms. The van der Waals surface area contributed by atoms with Crippen LogP contribution >= 0.6 is 11.6 Å². The van der Waals surface area contributed by atoms with Crippen molar-refractivity contribution in [3.05, 3.63) is 58.6 Å². The Hall–Kier alpha value is -2.90. The largest absolute Gasteiger partial charge is 0.501 e. The Bertz CT molecular complexity index is 959. The number of hydrogen-bond donors (Lipinski definition) is 1. The van der Waals surface area contributed by atoms with Crippen LogP contribution in [0, 0.1) is 0 Å². The van der Waals surface area contributed by atoms with Gasteiger partial charge in [0.25, 0.3) is 0 Å². The van der Waals surface area contributed by atoms with Gasteiger partial charge in [-0.1, -0.05) is 29.8 Å². The minimum Gasteiger partial charge on any atom is -0.493 e. The first kappa shape index (κ1) is 21.8. The van der Waals surface area contributed by atoms with Crippen LogP contribution in [-0.2, 0) is 11.3 Å². The van der Waals surface area contributed by atoms with E-state index in [-0.39, 0.29) is 31.1 Å². The highest BCUT2D eigenvalue weighted by molar-refractivity contribution is 6.31. The Morgan fingerprint density at radius 3 is 2.50 bits per heavy atom. The molecular formula is C22H25ClN3O4+. The van der Waals surface area contributed by atoms with Crippen LogP contribution in [-0.4, -0.2) is 54.9 Å². The minimum atomic E-state index is -0.355. The molecule has 7 nitrogen and oxygen atoms in total. The molecule has 0 saturated carbocycles. The van der Waals surface area contributed by atoms with E-state index in [1.165, 1.54) is 10.8 Å². The number of hydrogen-bond acceptors (Lipinski definition) is 5. The SMILES string of the molecule is COc1cc(CN[C@@H](C)c2ccc(Cl)cc2)ccc1OCCN1C(=O)C=[N+](C)C1=O. The van der Waals surface area contributed by atoms with Crippen LogP contribution in [0.4, 0.5) is 4.79 Å². The van der Waals surface area contributed by atoms with Crippen molar-refractivity contribution in [2.45, 2.75) is 19.5 Å². The molecule has 3 rings (SSSR count). The van der Waals surface area contributed by atoms with Gasteiger partial charge in [0, 0.05) is 17.6 Å². The number of nitrogens with one attached hydrogen (secondary N) is 1. The first-order valence-electron chi connectivity index (χ1n) is 9.60. The molecule has 0 radical (unpaired) electrons. The predicted octanol–water partition coefficient (Wildman–Crippen LogP) is 3.25. The molecule has 1 aliphatic rings. The maximum absolute atomic E-state index is 11.9. The number of imide groups is 1. The van der Waals surface area contributed by atoms with Crippen LogP contribution in [0.15, 0.2) is 42.5 Å². The molecule has 2 aromatic rings. The molecule has 8 heteroatoms. The zero-order valence-corrected chi connectivity index (χ0v) is 18.0. The molecule has 1 N–H and O–H groups in total. The Morgan fingerprint density at radius 2 is 1.87 bits per heavy atom. The quantitative estimate of drug-likeness (QED) is 0.618. The number of benzene rings is 2. The topological polar surface area (TPSA) is 70.9 Å². The summed E-state index contributed by atoms with van der Waals surface area (Å²) in [5, 5.41) is 4.19. The molecule has 0 spiro atoms. The van der Waals surface area contributed by atoms with E-state index >= 15 is 0 Å². The fraction of sp³-hybridized carbons (Fsp3) is 0.318. The van der Waals surface area contributed by atoms with Crippen molar-refractivity contribution in [1.82, 2.24) is 10.2 Å².